The van der Waals surface area contributed by atoms with E-state index in [-0.39, 0.29) is 12.2 Å². The molecular formula is C9H14O5. The molecule has 1 N–H and O–H groups in total. The lowest BCUT2D eigenvalue weighted by Gasteiger charge is -2.36. The van der Waals surface area contributed by atoms with E-state index in [1.807, 2.05) is 13.8 Å². The summed E-state index contributed by atoms with van der Waals surface area (Å²) in [6.45, 7) is 4.04. The van der Waals surface area contributed by atoms with Gasteiger partial charge in [0.05, 0.1) is 12.7 Å². The number of rotatable bonds is 1. The minimum atomic E-state index is -0.930. The molecule has 2 aliphatic rings. The van der Waals surface area contributed by atoms with E-state index in [2.05, 4.69) is 0 Å². The summed E-state index contributed by atoms with van der Waals surface area (Å²) in [6, 6.07) is 0. The van der Waals surface area contributed by atoms with Crippen LogP contribution in [0.15, 0.2) is 0 Å². The summed E-state index contributed by atoms with van der Waals surface area (Å²) in [5.41, 5.74) is 0. The van der Waals surface area contributed by atoms with Crippen LogP contribution in [0.2, 0.25) is 0 Å². The van der Waals surface area contributed by atoms with Crippen LogP contribution in [0.3, 0.4) is 0 Å². The third-order valence-electron chi connectivity index (χ3n) is 2.51. The van der Waals surface area contributed by atoms with Crippen molar-refractivity contribution in [1.82, 2.24) is 0 Å². The lowest BCUT2D eigenvalue weighted by atomic mass is 10.1. The van der Waals surface area contributed by atoms with Gasteiger partial charge in [-0.25, -0.2) is 4.79 Å². The van der Waals surface area contributed by atoms with Gasteiger partial charge in [0, 0.05) is 6.42 Å². The Morgan fingerprint density at radius 3 is 2.79 bits per heavy atom. The number of carboxylic acids is 1. The minimum absolute atomic E-state index is 0.153. The van der Waals surface area contributed by atoms with Crippen LogP contribution in [0, 0.1) is 0 Å². The molecule has 2 heterocycles. The Kier molecular flexibility index (Phi) is 2.25. The number of aliphatic carboxylic acids is 1. The molecule has 0 aliphatic carbocycles. The van der Waals surface area contributed by atoms with Gasteiger partial charge in [-0.05, 0) is 13.8 Å². The van der Waals surface area contributed by atoms with E-state index < -0.39 is 17.9 Å². The summed E-state index contributed by atoms with van der Waals surface area (Å²) in [4.78, 5) is 10.7. The Morgan fingerprint density at radius 1 is 1.43 bits per heavy atom. The maximum absolute atomic E-state index is 10.7. The molecule has 0 aromatic rings. The third kappa shape index (κ3) is 1.75. The van der Waals surface area contributed by atoms with Gasteiger partial charge in [0.2, 0.25) is 0 Å². The van der Waals surface area contributed by atoms with Gasteiger partial charge in [0.25, 0.3) is 0 Å². The first-order valence-corrected chi connectivity index (χ1v) is 4.68. The second-order valence-corrected chi connectivity index (χ2v) is 4.10. The smallest absolute Gasteiger partial charge is 0.332 e. The lowest BCUT2D eigenvalue weighted by Crippen LogP contribution is -2.46. The first-order chi connectivity index (χ1) is 6.48. The molecule has 2 fully saturated rings. The SMILES string of the molecule is CC1(C)OCC2OC(C(=O)O)CC2O1. The molecule has 3 atom stereocenters. The number of hydrogen-bond acceptors (Lipinski definition) is 4. The first-order valence-electron chi connectivity index (χ1n) is 4.68. The Balaban J connectivity index is 2.02. The highest BCUT2D eigenvalue weighted by atomic mass is 16.7. The Hall–Kier alpha value is -0.650. The monoisotopic (exact) mass is 202 g/mol. The molecule has 80 valence electrons. The van der Waals surface area contributed by atoms with Crippen LogP contribution in [-0.4, -0.2) is 41.8 Å². The lowest BCUT2D eigenvalue weighted by molar-refractivity contribution is -0.293. The van der Waals surface area contributed by atoms with Crippen LogP contribution >= 0.6 is 0 Å². The molecule has 0 saturated carbocycles. The zero-order chi connectivity index (χ0) is 10.3. The molecule has 3 unspecified atom stereocenters. The summed E-state index contributed by atoms with van der Waals surface area (Å²) in [5, 5.41) is 8.77. The second kappa shape index (κ2) is 3.18. The van der Waals surface area contributed by atoms with Gasteiger partial charge in [0.1, 0.15) is 6.10 Å². The fraction of sp³-hybridized carbons (Fsp3) is 0.889. The van der Waals surface area contributed by atoms with Crippen LogP contribution < -0.4 is 0 Å². The number of ether oxygens (including phenoxy) is 3. The van der Waals surface area contributed by atoms with E-state index in [1.54, 1.807) is 0 Å². The van der Waals surface area contributed by atoms with Crippen molar-refractivity contribution < 1.29 is 24.1 Å². The van der Waals surface area contributed by atoms with Crippen molar-refractivity contribution in [3.63, 3.8) is 0 Å². The largest absolute Gasteiger partial charge is 0.479 e. The summed E-state index contributed by atoms with van der Waals surface area (Å²) >= 11 is 0. The molecule has 2 rings (SSSR count). The van der Waals surface area contributed by atoms with Gasteiger partial charge in [-0.1, -0.05) is 0 Å². The summed E-state index contributed by atoms with van der Waals surface area (Å²) in [7, 11) is 0. The van der Waals surface area contributed by atoms with Crippen LogP contribution in [0.5, 0.6) is 0 Å². The number of carbonyl (C=O) groups is 1. The molecule has 5 nitrogen and oxygen atoms in total. The van der Waals surface area contributed by atoms with Crippen molar-refractivity contribution in [2.45, 2.75) is 44.4 Å². The molecule has 5 heteroatoms. The molecule has 2 saturated heterocycles. The Bertz CT molecular complexity index is 250. The van der Waals surface area contributed by atoms with Crippen LogP contribution in [0.4, 0.5) is 0 Å². The van der Waals surface area contributed by atoms with Crippen LogP contribution in [0.1, 0.15) is 20.3 Å². The topological polar surface area (TPSA) is 65.0 Å². The predicted octanol–water partition coefficient (Wildman–Crippen LogP) is 0.380. The Labute approximate surface area is 81.9 Å². The Morgan fingerprint density at radius 2 is 2.14 bits per heavy atom. The van der Waals surface area contributed by atoms with Gasteiger partial charge in [-0.15, -0.1) is 0 Å². The molecule has 0 spiro atoms. The van der Waals surface area contributed by atoms with E-state index in [1.165, 1.54) is 0 Å². The zero-order valence-electron chi connectivity index (χ0n) is 8.23. The molecule has 0 radical (unpaired) electrons. The highest BCUT2D eigenvalue weighted by Crippen LogP contribution is 2.32. The van der Waals surface area contributed by atoms with E-state index in [9.17, 15) is 4.79 Å². The average molecular weight is 202 g/mol. The average Bonchev–Trinajstić information content (AvgIpc) is 2.45. The maximum Gasteiger partial charge on any atom is 0.332 e. The van der Waals surface area contributed by atoms with E-state index in [0.717, 1.165) is 0 Å². The molecule has 0 aromatic heterocycles. The molecular weight excluding hydrogens is 188 g/mol. The fourth-order valence-corrected chi connectivity index (χ4v) is 1.83. The summed E-state index contributed by atoms with van der Waals surface area (Å²) in [6.07, 6.45) is -0.723. The quantitative estimate of drug-likeness (QED) is 0.666. The fourth-order valence-electron chi connectivity index (χ4n) is 1.83. The van der Waals surface area contributed by atoms with Crippen molar-refractivity contribution in [3.8, 4) is 0 Å². The molecule has 0 aromatic carbocycles. The third-order valence-corrected chi connectivity index (χ3v) is 2.51. The molecule has 2 aliphatic heterocycles. The molecule has 14 heavy (non-hydrogen) atoms. The second-order valence-electron chi connectivity index (χ2n) is 4.10. The van der Waals surface area contributed by atoms with Crippen LogP contribution in [-0.2, 0) is 19.0 Å². The van der Waals surface area contributed by atoms with E-state index in [4.69, 9.17) is 19.3 Å². The number of hydrogen-bond donors (Lipinski definition) is 1. The van der Waals surface area contributed by atoms with Crippen molar-refractivity contribution in [3.05, 3.63) is 0 Å². The summed E-state index contributed by atoms with van der Waals surface area (Å²) < 4.78 is 16.2. The first kappa shape index (κ1) is 9.89. The highest BCUT2D eigenvalue weighted by Gasteiger charge is 2.46. The van der Waals surface area contributed by atoms with Gasteiger partial charge < -0.3 is 19.3 Å². The van der Waals surface area contributed by atoms with Crippen molar-refractivity contribution in [2.75, 3.05) is 6.61 Å². The van der Waals surface area contributed by atoms with Gasteiger partial charge in [-0.2, -0.15) is 0 Å². The summed E-state index contributed by atoms with van der Waals surface area (Å²) in [5.74, 6) is -1.56. The highest BCUT2D eigenvalue weighted by molar-refractivity contribution is 5.72. The zero-order valence-corrected chi connectivity index (χ0v) is 8.23. The molecule has 0 amide bonds. The van der Waals surface area contributed by atoms with Crippen molar-refractivity contribution in [2.24, 2.45) is 0 Å². The van der Waals surface area contributed by atoms with Crippen LogP contribution in [0.25, 0.3) is 0 Å². The van der Waals surface area contributed by atoms with E-state index >= 15 is 0 Å². The van der Waals surface area contributed by atoms with Crippen molar-refractivity contribution >= 4 is 5.97 Å². The standard InChI is InChI=1S/C9H14O5/c1-9(2)12-4-7-5(14-9)3-6(13-7)8(10)11/h5-7H,3-4H2,1-2H3,(H,10,11). The number of fused-ring (bicyclic) bond motifs is 1. The number of carboxylic acid groups (broad SMARTS) is 1. The van der Waals surface area contributed by atoms with Crippen molar-refractivity contribution in [1.29, 1.82) is 0 Å². The van der Waals surface area contributed by atoms with Gasteiger partial charge >= 0.3 is 5.97 Å². The predicted molar refractivity (Wildman–Crippen MR) is 45.8 cm³/mol. The van der Waals surface area contributed by atoms with E-state index in [0.29, 0.717) is 13.0 Å². The minimum Gasteiger partial charge on any atom is -0.479 e. The maximum atomic E-state index is 10.7. The van der Waals surface area contributed by atoms with Gasteiger partial charge in [-0.3, -0.25) is 0 Å². The normalized spacial score (nSPS) is 40.6. The van der Waals surface area contributed by atoms with Gasteiger partial charge in [0.15, 0.2) is 11.9 Å². The molecule has 0 bridgehead atoms.